The van der Waals surface area contributed by atoms with Crippen LogP contribution in [0.5, 0.6) is 0 Å². The molecule has 2 aliphatic heterocycles. The van der Waals surface area contributed by atoms with Crippen LogP contribution in [0, 0.1) is 28.6 Å². The van der Waals surface area contributed by atoms with Crippen molar-refractivity contribution < 1.29 is 9.47 Å². The molecule has 5 rings (SSSR count). The molecule has 5 aliphatic rings. The van der Waals surface area contributed by atoms with Crippen molar-refractivity contribution in [1.29, 1.82) is 0 Å². The monoisotopic (exact) mass is 304 g/mol. The van der Waals surface area contributed by atoms with Gasteiger partial charge in [0.2, 0.25) is 0 Å². The third-order valence-electron chi connectivity index (χ3n) is 8.81. The van der Waals surface area contributed by atoms with Crippen LogP contribution in [0.3, 0.4) is 0 Å². The van der Waals surface area contributed by atoms with Gasteiger partial charge in [-0.15, -0.1) is 0 Å². The van der Waals surface area contributed by atoms with Gasteiger partial charge >= 0.3 is 0 Å². The summed E-state index contributed by atoms with van der Waals surface area (Å²) in [4.78, 5) is 0. The molecule has 2 nitrogen and oxygen atoms in total. The van der Waals surface area contributed by atoms with Gasteiger partial charge in [0.15, 0.2) is 0 Å². The third-order valence-corrected chi connectivity index (χ3v) is 8.81. The largest absolute Gasteiger partial charge is 0.363 e. The van der Waals surface area contributed by atoms with Crippen LogP contribution in [0.15, 0.2) is 0 Å². The Kier molecular flexibility index (Phi) is 2.45. The molecule has 0 aromatic rings. The van der Waals surface area contributed by atoms with Crippen molar-refractivity contribution in [3.63, 3.8) is 0 Å². The van der Waals surface area contributed by atoms with Gasteiger partial charge < -0.3 is 9.47 Å². The van der Waals surface area contributed by atoms with Crippen molar-refractivity contribution >= 4 is 0 Å². The van der Waals surface area contributed by atoms with Crippen LogP contribution in [0.4, 0.5) is 0 Å². The van der Waals surface area contributed by atoms with E-state index in [1.807, 2.05) is 0 Å². The van der Waals surface area contributed by atoms with E-state index in [9.17, 15) is 0 Å². The summed E-state index contributed by atoms with van der Waals surface area (Å²) >= 11 is 0. The van der Waals surface area contributed by atoms with E-state index in [0.29, 0.717) is 29.0 Å². The second-order valence-electron chi connectivity index (χ2n) is 10.3. The lowest BCUT2D eigenvalue weighted by Crippen LogP contribution is -2.60. The van der Waals surface area contributed by atoms with Crippen LogP contribution in [0.2, 0.25) is 0 Å². The van der Waals surface area contributed by atoms with E-state index in [-0.39, 0.29) is 11.2 Å². The van der Waals surface area contributed by atoms with Crippen molar-refractivity contribution in [2.24, 2.45) is 28.6 Å². The molecule has 5 fully saturated rings. The van der Waals surface area contributed by atoms with Crippen molar-refractivity contribution in [2.75, 3.05) is 0 Å². The highest BCUT2D eigenvalue weighted by Gasteiger charge is 2.86. The van der Waals surface area contributed by atoms with Crippen LogP contribution >= 0.6 is 0 Å². The van der Waals surface area contributed by atoms with E-state index in [1.165, 1.54) is 38.5 Å². The fourth-order valence-electron chi connectivity index (χ4n) is 7.62. The van der Waals surface area contributed by atoms with E-state index < -0.39 is 0 Å². The standard InChI is InChI=1S/C20H32O2/c1-12(2)19-11-13-7-8-14-17(3,4)9-6-10-18(14,5)20(13)16(22-20)15(19)21-19/h12-16H,6-11H2,1-5H3/t13-,14-,15-,16+,18-,19-,20-/m0/s1. The van der Waals surface area contributed by atoms with Crippen LogP contribution in [0.1, 0.15) is 73.1 Å². The fraction of sp³-hybridized carbons (Fsp3) is 1.00. The molecular weight excluding hydrogens is 272 g/mol. The quantitative estimate of drug-likeness (QED) is 0.663. The zero-order valence-electron chi connectivity index (χ0n) is 14.9. The average molecular weight is 304 g/mol. The summed E-state index contributed by atoms with van der Waals surface area (Å²) in [7, 11) is 0. The Bertz CT molecular complexity index is 526. The van der Waals surface area contributed by atoms with Crippen LogP contribution in [-0.4, -0.2) is 23.4 Å². The summed E-state index contributed by atoms with van der Waals surface area (Å²) in [6, 6.07) is 0. The molecule has 2 heterocycles. The SMILES string of the molecule is CC(C)[C@@]12C[C@@H]3CC[C@H]4C(C)(C)CCC[C@]4(C)[C@]34O[C@@H]4[C@@H]1O2. The van der Waals surface area contributed by atoms with Gasteiger partial charge in [0.1, 0.15) is 23.4 Å². The van der Waals surface area contributed by atoms with E-state index in [4.69, 9.17) is 9.47 Å². The normalized spacial score (nSPS) is 60.8. The Morgan fingerprint density at radius 2 is 1.73 bits per heavy atom. The van der Waals surface area contributed by atoms with E-state index in [0.717, 1.165) is 11.8 Å². The van der Waals surface area contributed by atoms with Gasteiger partial charge in [-0.3, -0.25) is 0 Å². The van der Waals surface area contributed by atoms with Crippen LogP contribution < -0.4 is 0 Å². The molecule has 22 heavy (non-hydrogen) atoms. The number of epoxide rings is 2. The summed E-state index contributed by atoms with van der Waals surface area (Å²) in [5.41, 5.74) is 1.22. The minimum Gasteiger partial charge on any atom is -0.363 e. The minimum absolute atomic E-state index is 0.169. The summed E-state index contributed by atoms with van der Waals surface area (Å²) in [5.74, 6) is 2.21. The Balaban J connectivity index is 1.54. The van der Waals surface area contributed by atoms with E-state index in [1.54, 1.807) is 0 Å². The van der Waals surface area contributed by atoms with Gasteiger partial charge in [-0.25, -0.2) is 0 Å². The van der Waals surface area contributed by atoms with Gasteiger partial charge in [-0.1, -0.05) is 41.0 Å². The Morgan fingerprint density at radius 1 is 0.955 bits per heavy atom. The maximum Gasteiger partial charge on any atom is 0.117 e. The Morgan fingerprint density at radius 3 is 2.45 bits per heavy atom. The lowest BCUT2D eigenvalue weighted by Gasteiger charge is -2.59. The average Bonchev–Trinajstić information content (AvgIpc) is 3.28. The number of ether oxygens (including phenoxy) is 2. The molecule has 0 aromatic heterocycles. The predicted molar refractivity (Wildman–Crippen MR) is 86.6 cm³/mol. The maximum atomic E-state index is 6.64. The fourth-order valence-corrected chi connectivity index (χ4v) is 7.62. The molecule has 0 unspecified atom stereocenters. The van der Waals surface area contributed by atoms with Crippen molar-refractivity contribution in [2.45, 2.75) is 96.6 Å². The van der Waals surface area contributed by atoms with Crippen molar-refractivity contribution in [3.05, 3.63) is 0 Å². The summed E-state index contributed by atoms with van der Waals surface area (Å²) in [6.07, 6.45) is 9.00. The smallest absolute Gasteiger partial charge is 0.117 e. The first kappa shape index (κ1) is 14.3. The lowest BCUT2D eigenvalue weighted by molar-refractivity contribution is -0.118. The number of hydrogen-bond donors (Lipinski definition) is 0. The molecule has 3 saturated carbocycles. The lowest BCUT2D eigenvalue weighted by atomic mass is 9.43. The number of hydrogen-bond acceptors (Lipinski definition) is 2. The predicted octanol–water partition coefficient (Wildman–Crippen LogP) is 4.56. The maximum absolute atomic E-state index is 6.64. The Labute approximate surface area is 135 Å². The zero-order valence-corrected chi connectivity index (χ0v) is 14.9. The molecule has 124 valence electrons. The summed E-state index contributed by atoms with van der Waals surface area (Å²) < 4.78 is 13.0. The Hall–Kier alpha value is -0.0800. The molecule has 7 atom stereocenters. The van der Waals surface area contributed by atoms with Gasteiger partial charge in [0.05, 0.1) is 0 Å². The molecule has 2 saturated heterocycles. The first-order valence-electron chi connectivity index (χ1n) is 9.64. The number of rotatable bonds is 1. The molecule has 0 radical (unpaired) electrons. The van der Waals surface area contributed by atoms with Crippen LogP contribution in [0.25, 0.3) is 0 Å². The number of fused-ring (bicyclic) bond motifs is 3. The minimum atomic E-state index is 0.169. The second-order valence-corrected chi connectivity index (χ2v) is 10.3. The molecule has 1 spiro atoms. The third kappa shape index (κ3) is 1.34. The van der Waals surface area contributed by atoms with Crippen molar-refractivity contribution in [3.8, 4) is 0 Å². The van der Waals surface area contributed by atoms with Crippen molar-refractivity contribution in [1.82, 2.24) is 0 Å². The summed E-state index contributed by atoms with van der Waals surface area (Å²) in [5, 5.41) is 0. The molecule has 3 aliphatic carbocycles. The molecule has 0 bridgehead atoms. The van der Waals surface area contributed by atoms with E-state index >= 15 is 0 Å². The first-order valence-corrected chi connectivity index (χ1v) is 9.64. The molecule has 0 aromatic carbocycles. The summed E-state index contributed by atoms with van der Waals surface area (Å²) in [6.45, 7) is 12.3. The molecule has 0 N–H and O–H groups in total. The van der Waals surface area contributed by atoms with Gasteiger partial charge in [0, 0.05) is 5.41 Å². The molecule has 0 amide bonds. The second kappa shape index (κ2) is 3.77. The van der Waals surface area contributed by atoms with Gasteiger partial charge in [-0.05, 0) is 55.3 Å². The topological polar surface area (TPSA) is 25.1 Å². The first-order chi connectivity index (χ1) is 10.3. The zero-order chi connectivity index (χ0) is 15.5. The van der Waals surface area contributed by atoms with E-state index in [2.05, 4.69) is 34.6 Å². The highest BCUT2D eigenvalue weighted by atomic mass is 16.7. The van der Waals surface area contributed by atoms with Gasteiger partial charge in [0.25, 0.3) is 0 Å². The van der Waals surface area contributed by atoms with Gasteiger partial charge in [-0.2, -0.15) is 0 Å². The van der Waals surface area contributed by atoms with Crippen LogP contribution in [-0.2, 0) is 9.47 Å². The highest BCUT2D eigenvalue weighted by molar-refractivity contribution is 5.33. The highest BCUT2D eigenvalue weighted by Crippen LogP contribution is 2.77. The molecule has 2 heteroatoms. The molecular formula is C20H32O2.